The Morgan fingerprint density at radius 1 is 1.38 bits per heavy atom. The first kappa shape index (κ1) is 15.6. The third-order valence-corrected chi connectivity index (χ3v) is 9.01. The maximum atomic E-state index is 11.8. The van der Waals surface area contributed by atoms with Crippen molar-refractivity contribution < 1.29 is 14.6 Å². The number of rotatable bonds is 2. The highest BCUT2D eigenvalue weighted by molar-refractivity contribution is 5.91. The normalized spacial score (nSPS) is 55.1. The standard InChI is InChI=1S/C21H30O3/c1-20-6-5-17-16-4-3-15(22)7-12(16)8-18(23)19(17)21(20)10-13(21)9-14(20)11-24-2/h7,13-14,16-19,23H,3-6,8-11H2,1-2H3/t13-,14+,16-,17+,18?,19-,20+,21+/m0/s1. The van der Waals surface area contributed by atoms with Gasteiger partial charge in [-0.15, -0.1) is 0 Å². The van der Waals surface area contributed by atoms with Crippen LogP contribution in [0.5, 0.6) is 0 Å². The molecule has 0 saturated heterocycles. The summed E-state index contributed by atoms with van der Waals surface area (Å²) in [6.07, 6.45) is 9.26. The molecule has 0 heterocycles. The quantitative estimate of drug-likeness (QED) is 0.844. The summed E-state index contributed by atoms with van der Waals surface area (Å²) in [5, 5.41) is 11.1. The van der Waals surface area contributed by atoms with Crippen LogP contribution in [0.1, 0.15) is 51.9 Å². The minimum absolute atomic E-state index is 0.241. The fourth-order valence-corrected chi connectivity index (χ4v) is 8.05. The lowest BCUT2D eigenvalue weighted by atomic mass is 9.48. The molecule has 0 amide bonds. The minimum atomic E-state index is -0.241. The number of carbonyl (C=O) groups excluding carboxylic acids is 1. The predicted molar refractivity (Wildman–Crippen MR) is 91.3 cm³/mol. The van der Waals surface area contributed by atoms with E-state index in [1.165, 1.54) is 31.3 Å². The highest BCUT2D eigenvalue weighted by atomic mass is 16.5. The van der Waals surface area contributed by atoms with E-state index in [2.05, 4.69) is 6.92 Å². The topological polar surface area (TPSA) is 46.5 Å². The third kappa shape index (κ3) is 1.73. The van der Waals surface area contributed by atoms with Crippen LogP contribution in [0.15, 0.2) is 11.6 Å². The smallest absolute Gasteiger partial charge is 0.155 e. The number of hydrogen-bond acceptors (Lipinski definition) is 3. The summed E-state index contributed by atoms with van der Waals surface area (Å²) in [6, 6.07) is 0. The van der Waals surface area contributed by atoms with Gasteiger partial charge in [0, 0.05) is 20.1 Å². The second-order valence-corrected chi connectivity index (χ2v) is 9.58. The first-order valence-electron chi connectivity index (χ1n) is 9.91. The van der Waals surface area contributed by atoms with Crippen molar-refractivity contribution in [2.45, 2.75) is 58.0 Å². The number of carbonyl (C=O) groups is 1. The molecule has 1 spiro atoms. The van der Waals surface area contributed by atoms with Crippen molar-refractivity contribution in [3.05, 3.63) is 11.6 Å². The Morgan fingerprint density at radius 3 is 3.00 bits per heavy atom. The van der Waals surface area contributed by atoms with Crippen molar-refractivity contribution in [3.8, 4) is 0 Å². The van der Waals surface area contributed by atoms with Gasteiger partial charge in [0.2, 0.25) is 0 Å². The second kappa shape index (κ2) is 4.94. The number of hydrogen-bond donors (Lipinski definition) is 1. The Kier molecular flexibility index (Phi) is 3.21. The van der Waals surface area contributed by atoms with Crippen molar-refractivity contribution >= 4 is 5.78 Å². The molecule has 0 aromatic carbocycles. The van der Waals surface area contributed by atoms with Gasteiger partial charge in [0.05, 0.1) is 6.10 Å². The van der Waals surface area contributed by atoms with Gasteiger partial charge >= 0.3 is 0 Å². The summed E-state index contributed by atoms with van der Waals surface area (Å²) in [5.74, 6) is 3.37. The second-order valence-electron chi connectivity index (χ2n) is 9.58. The van der Waals surface area contributed by atoms with E-state index in [9.17, 15) is 9.90 Å². The number of fused-ring (bicyclic) bond motifs is 3. The number of ketones is 1. The minimum Gasteiger partial charge on any atom is -0.392 e. The molecule has 5 rings (SSSR count). The number of ether oxygens (including phenoxy) is 1. The Morgan fingerprint density at radius 2 is 2.21 bits per heavy atom. The monoisotopic (exact) mass is 330 g/mol. The summed E-state index contributed by atoms with van der Waals surface area (Å²) in [6.45, 7) is 3.38. The summed E-state index contributed by atoms with van der Waals surface area (Å²) in [4.78, 5) is 11.8. The Bertz CT molecular complexity index is 610. The van der Waals surface area contributed by atoms with E-state index in [1.807, 2.05) is 13.2 Å². The van der Waals surface area contributed by atoms with Crippen molar-refractivity contribution in [2.75, 3.05) is 13.7 Å². The molecular weight excluding hydrogens is 300 g/mol. The van der Waals surface area contributed by atoms with Gasteiger partial charge < -0.3 is 9.84 Å². The largest absolute Gasteiger partial charge is 0.392 e. The van der Waals surface area contributed by atoms with E-state index < -0.39 is 0 Å². The summed E-state index contributed by atoms with van der Waals surface area (Å²) in [7, 11) is 1.83. The number of aliphatic hydroxyl groups excluding tert-OH is 1. The summed E-state index contributed by atoms with van der Waals surface area (Å²) < 4.78 is 5.56. The Labute approximate surface area is 144 Å². The van der Waals surface area contributed by atoms with E-state index >= 15 is 0 Å². The maximum Gasteiger partial charge on any atom is 0.155 e. The van der Waals surface area contributed by atoms with Crippen LogP contribution in [-0.2, 0) is 9.53 Å². The fraction of sp³-hybridized carbons (Fsp3) is 0.857. The van der Waals surface area contributed by atoms with Gasteiger partial charge in [0.25, 0.3) is 0 Å². The zero-order valence-corrected chi connectivity index (χ0v) is 15.0. The van der Waals surface area contributed by atoms with Gasteiger partial charge in [-0.25, -0.2) is 0 Å². The summed E-state index contributed by atoms with van der Waals surface area (Å²) >= 11 is 0. The van der Waals surface area contributed by atoms with Crippen LogP contribution in [0.2, 0.25) is 0 Å². The molecule has 5 aliphatic rings. The predicted octanol–water partition coefficient (Wildman–Crippen LogP) is 3.36. The lowest BCUT2D eigenvalue weighted by molar-refractivity contribution is -0.123. The van der Waals surface area contributed by atoms with Gasteiger partial charge in [-0.1, -0.05) is 12.5 Å². The highest BCUT2D eigenvalue weighted by Gasteiger charge is 2.78. The average Bonchev–Trinajstić information content (AvgIpc) is 3.19. The molecule has 8 atom stereocenters. The fourth-order valence-electron chi connectivity index (χ4n) is 8.05. The molecule has 5 aliphatic carbocycles. The van der Waals surface area contributed by atoms with Crippen molar-refractivity contribution in [1.29, 1.82) is 0 Å². The van der Waals surface area contributed by atoms with E-state index in [1.54, 1.807) is 0 Å². The van der Waals surface area contributed by atoms with Gasteiger partial charge in [-0.3, -0.25) is 4.79 Å². The van der Waals surface area contributed by atoms with Crippen molar-refractivity contribution in [1.82, 2.24) is 0 Å². The molecule has 0 bridgehead atoms. The van der Waals surface area contributed by atoms with Crippen LogP contribution in [0, 0.1) is 40.4 Å². The Hall–Kier alpha value is -0.670. The highest BCUT2D eigenvalue weighted by Crippen LogP contribution is 2.83. The molecule has 24 heavy (non-hydrogen) atoms. The van der Waals surface area contributed by atoms with E-state index in [0.717, 1.165) is 25.4 Å². The van der Waals surface area contributed by atoms with Crippen molar-refractivity contribution in [2.24, 2.45) is 40.4 Å². The van der Waals surface area contributed by atoms with Crippen LogP contribution in [-0.4, -0.2) is 30.7 Å². The molecule has 3 nitrogen and oxygen atoms in total. The SMILES string of the molecule is COC[C@H]1C[C@H]2C[C@]23[C@@H]2C(O)CC4=CC(=O)CC[C@@H]4[C@H]2CC[C@]13C. The first-order valence-corrected chi connectivity index (χ1v) is 9.91. The molecule has 0 aromatic rings. The van der Waals surface area contributed by atoms with Crippen LogP contribution in [0.25, 0.3) is 0 Å². The average molecular weight is 330 g/mol. The molecule has 4 saturated carbocycles. The molecule has 132 valence electrons. The van der Waals surface area contributed by atoms with Crippen LogP contribution >= 0.6 is 0 Å². The molecular formula is C21H30O3. The van der Waals surface area contributed by atoms with Crippen LogP contribution in [0.3, 0.4) is 0 Å². The Balaban J connectivity index is 1.52. The third-order valence-electron chi connectivity index (χ3n) is 9.01. The first-order chi connectivity index (χ1) is 11.5. The zero-order chi connectivity index (χ0) is 16.7. The van der Waals surface area contributed by atoms with E-state index in [4.69, 9.17) is 4.74 Å². The van der Waals surface area contributed by atoms with Gasteiger partial charge in [-0.05, 0) is 85.0 Å². The van der Waals surface area contributed by atoms with Crippen LogP contribution < -0.4 is 0 Å². The zero-order valence-electron chi connectivity index (χ0n) is 15.0. The molecule has 0 aliphatic heterocycles. The van der Waals surface area contributed by atoms with Crippen molar-refractivity contribution in [3.63, 3.8) is 0 Å². The van der Waals surface area contributed by atoms with Gasteiger partial charge in [0.1, 0.15) is 0 Å². The summed E-state index contributed by atoms with van der Waals surface area (Å²) in [5.41, 5.74) is 1.98. The molecule has 4 fully saturated rings. The van der Waals surface area contributed by atoms with Gasteiger partial charge in [-0.2, -0.15) is 0 Å². The molecule has 3 heteroatoms. The number of aliphatic hydroxyl groups is 1. The maximum absolute atomic E-state index is 11.8. The van der Waals surface area contributed by atoms with E-state index in [-0.39, 0.29) is 11.9 Å². The van der Waals surface area contributed by atoms with E-state index in [0.29, 0.717) is 40.9 Å². The van der Waals surface area contributed by atoms with Gasteiger partial charge in [0.15, 0.2) is 5.78 Å². The number of methoxy groups -OCH3 is 1. The molecule has 0 aromatic heterocycles. The molecule has 0 radical (unpaired) electrons. The molecule has 1 unspecified atom stereocenters. The molecule has 1 N–H and O–H groups in total. The van der Waals surface area contributed by atoms with Crippen LogP contribution in [0.4, 0.5) is 0 Å². The lowest BCUT2D eigenvalue weighted by Gasteiger charge is -2.57. The lowest BCUT2D eigenvalue weighted by Crippen LogP contribution is -2.54.